The molecule has 3 heterocycles. The van der Waals surface area contributed by atoms with Crippen LogP contribution in [0.15, 0.2) is 12.3 Å². The molecule has 0 aliphatic carbocycles. The van der Waals surface area contributed by atoms with Crippen LogP contribution in [0.2, 0.25) is 0 Å². The average Bonchev–Trinajstić information content (AvgIpc) is 3.33. The molecule has 6 heteroatoms. The van der Waals surface area contributed by atoms with Crippen molar-refractivity contribution < 1.29 is 0 Å². The van der Waals surface area contributed by atoms with Gasteiger partial charge < -0.3 is 4.98 Å². The minimum atomic E-state index is 0.266. The van der Waals surface area contributed by atoms with Crippen LogP contribution < -0.4 is 0 Å². The quantitative estimate of drug-likeness (QED) is 0.572. The van der Waals surface area contributed by atoms with Gasteiger partial charge in [-0.15, -0.1) is 0 Å². The summed E-state index contributed by atoms with van der Waals surface area (Å²) < 4.78 is 4.32. The first-order valence-corrected chi connectivity index (χ1v) is 10.8. The predicted molar refractivity (Wildman–Crippen MR) is 118 cm³/mol. The summed E-state index contributed by atoms with van der Waals surface area (Å²) in [6.45, 7) is 17.4. The largest absolute Gasteiger partial charge is 0.346 e. The van der Waals surface area contributed by atoms with Crippen LogP contribution in [0.25, 0.3) is 0 Å². The molecular weight excluding hydrogens is 360 g/mol. The van der Waals surface area contributed by atoms with Gasteiger partial charge in [-0.05, 0) is 71.9 Å². The molecule has 3 rings (SSSR count). The van der Waals surface area contributed by atoms with Gasteiger partial charge in [-0.2, -0.15) is 10.2 Å². The summed E-state index contributed by atoms with van der Waals surface area (Å²) in [4.78, 5) is 8.02. The molecule has 0 radical (unpaired) electrons. The zero-order chi connectivity index (χ0) is 21.3. The Morgan fingerprint density at radius 2 is 1.69 bits per heavy atom. The molecule has 29 heavy (non-hydrogen) atoms. The molecule has 6 nitrogen and oxygen atoms in total. The van der Waals surface area contributed by atoms with E-state index in [-0.39, 0.29) is 6.04 Å². The number of nitrogens with zero attached hydrogens (tertiary/aromatic N) is 5. The second-order valence-corrected chi connectivity index (χ2v) is 8.85. The van der Waals surface area contributed by atoms with Gasteiger partial charge in [0.05, 0.1) is 17.4 Å². The van der Waals surface area contributed by atoms with Crippen molar-refractivity contribution in [2.45, 2.75) is 92.7 Å². The Hall–Kier alpha value is -2.37. The molecular formula is C23H36N6. The first-order chi connectivity index (χ1) is 13.7. The first kappa shape index (κ1) is 21.3. The fourth-order valence-electron chi connectivity index (χ4n) is 4.03. The van der Waals surface area contributed by atoms with Gasteiger partial charge >= 0.3 is 0 Å². The minimum absolute atomic E-state index is 0.266. The highest BCUT2D eigenvalue weighted by atomic mass is 15.3. The highest BCUT2D eigenvalue weighted by Gasteiger charge is 2.18. The second-order valence-electron chi connectivity index (χ2n) is 8.85. The van der Waals surface area contributed by atoms with Gasteiger partial charge in [-0.25, -0.2) is 4.98 Å². The molecule has 0 spiro atoms. The second kappa shape index (κ2) is 8.56. The van der Waals surface area contributed by atoms with E-state index in [2.05, 4.69) is 85.9 Å². The molecule has 0 aliphatic heterocycles. The van der Waals surface area contributed by atoms with E-state index in [0.29, 0.717) is 12.0 Å². The van der Waals surface area contributed by atoms with E-state index in [0.717, 1.165) is 30.8 Å². The van der Waals surface area contributed by atoms with Crippen LogP contribution in [0.4, 0.5) is 0 Å². The van der Waals surface area contributed by atoms with Crippen LogP contribution in [0.5, 0.6) is 0 Å². The molecule has 0 saturated heterocycles. The third-order valence-corrected chi connectivity index (χ3v) is 5.99. The van der Waals surface area contributed by atoms with Crippen molar-refractivity contribution in [2.75, 3.05) is 0 Å². The normalized spacial score (nSPS) is 14.0. The summed E-state index contributed by atoms with van der Waals surface area (Å²) in [5, 5.41) is 9.62. The monoisotopic (exact) mass is 396 g/mol. The van der Waals surface area contributed by atoms with Crippen LogP contribution in [-0.4, -0.2) is 29.5 Å². The van der Waals surface area contributed by atoms with E-state index < -0.39 is 0 Å². The molecule has 0 bridgehead atoms. The Bertz CT molecular complexity index is 958. The maximum atomic E-state index is 4.99. The zero-order valence-electron chi connectivity index (χ0n) is 19.2. The lowest BCUT2D eigenvalue weighted by molar-refractivity contribution is 0.438. The highest BCUT2D eigenvalue weighted by Crippen LogP contribution is 2.23. The van der Waals surface area contributed by atoms with Gasteiger partial charge in [0.1, 0.15) is 5.82 Å². The number of hydrogen-bond donors (Lipinski definition) is 1. The molecule has 3 aromatic rings. The van der Waals surface area contributed by atoms with Crippen LogP contribution in [0.1, 0.15) is 92.0 Å². The standard InChI is InChI=1S/C23H36N6/c1-14(2)22-13-24-23(25-22)12-18(6)29-20(8)19(7)21(27-29)10-9-16(4)28-17(5)11-15(3)26-28/h11,13-14,16,18H,9-10,12H2,1-8H3,(H,24,25). The van der Waals surface area contributed by atoms with E-state index in [1.807, 2.05) is 6.20 Å². The summed E-state index contributed by atoms with van der Waals surface area (Å²) in [6.07, 6.45) is 4.81. The summed E-state index contributed by atoms with van der Waals surface area (Å²) >= 11 is 0. The van der Waals surface area contributed by atoms with Gasteiger partial charge in [-0.1, -0.05) is 13.8 Å². The van der Waals surface area contributed by atoms with E-state index in [1.54, 1.807) is 0 Å². The lowest BCUT2D eigenvalue weighted by atomic mass is 10.1. The van der Waals surface area contributed by atoms with Gasteiger partial charge in [0.2, 0.25) is 0 Å². The van der Waals surface area contributed by atoms with Crippen LogP contribution in [-0.2, 0) is 12.8 Å². The SMILES string of the molecule is Cc1cc(C)n(C(C)CCc2nn(C(C)Cc3ncc(C(C)C)[nH]3)c(C)c2C)n1. The summed E-state index contributed by atoms with van der Waals surface area (Å²) in [7, 11) is 0. The van der Waals surface area contributed by atoms with Crippen LogP contribution >= 0.6 is 0 Å². The maximum absolute atomic E-state index is 4.99. The fraction of sp³-hybridized carbons (Fsp3) is 0.609. The maximum Gasteiger partial charge on any atom is 0.108 e. The fourth-order valence-corrected chi connectivity index (χ4v) is 4.03. The Balaban J connectivity index is 1.69. The van der Waals surface area contributed by atoms with Gasteiger partial charge in [-0.3, -0.25) is 9.36 Å². The number of nitrogens with one attached hydrogen (secondary N) is 1. The number of H-pyrrole nitrogens is 1. The lowest BCUT2D eigenvalue weighted by Gasteiger charge is -2.14. The van der Waals surface area contributed by atoms with Crippen LogP contribution in [0.3, 0.4) is 0 Å². The van der Waals surface area contributed by atoms with Crippen molar-refractivity contribution in [2.24, 2.45) is 0 Å². The number of aromatic nitrogens is 6. The Labute approximate surface area is 174 Å². The predicted octanol–water partition coefficient (Wildman–Crippen LogP) is 5.16. The van der Waals surface area contributed by atoms with E-state index in [1.165, 1.54) is 28.3 Å². The summed E-state index contributed by atoms with van der Waals surface area (Å²) in [6, 6.07) is 2.77. The molecule has 0 aliphatic rings. The molecule has 0 saturated carbocycles. The summed E-state index contributed by atoms with van der Waals surface area (Å²) in [5.74, 6) is 1.50. The van der Waals surface area contributed by atoms with Gasteiger partial charge in [0.25, 0.3) is 0 Å². The smallest absolute Gasteiger partial charge is 0.108 e. The van der Waals surface area contributed by atoms with Crippen molar-refractivity contribution in [3.8, 4) is 0 Å². The third kappa shape index (κ3) is 4.62. The van der Waals surface area contributed by atoms with E-state index in [4.69, 9.17) is 5.10 Å². The number of aryl methyl sites for hydroxylation is 3. The van der Waals surface area contributed by atoms with Crippen molar-refractivity contribution in [3.63, 3.8) is 0 Å². The topological polar surface area (TPSA) is 64.3 Å². The van der Waals surface area contributed by atoms with Gasteiger partial charge in [0.15, 0.2) is 0 Å². The number of imidazole rings is 1. The third-order valence-electron chi connectivity index (χ3n) is 5.99. The lowest BCUT2D eigenvalue weighted by Crippen LogP contribution is -2.13. The molecule has 0 aromatic carbocycles. The van der Waals surface area contributed by atoms with Crippen molar-refractivity contribution >= 4 is 0 Å². The van der Waals surface area contributed by atoms with Crippen LogP contribution in [0, 0.1) is 27.7 Å². The Morgan fingerprint density at radius 1 is 0.966 bits per heavy atom. The number of rotatable bonds is 8. The Kier molecular flexibility index (Phi) is 6.30. The number of hydrogen-bond acceptors (Lipinski definition) is 3. The minimum Gasteiger partial charge on any atom is -0.346 e. The summed E-state index contributed by atoms with van der Waals surface area (Å²) in [5.41, 5.74) is 7.25. The van der Waals surface area contributed by atoms with Crippen molar-refractivity contribution in [1.29, 1.82) is 0 Å². The zero-order valence-corrected chi connectivity index (χ0v) is 19.2. The molecule has 158 valence electrons. The van der Waals surface area contributed by atoms with Crippen molar-refractivity contribution in [3.05, 3.63) is 52.1 Å². The molecule has 2 unspecified atom stereocenters. The van der Waals surface area contributed by atoms with Crippen molar-refractivity contribution in [1.82, 2.24) is 29.5 Å². The van der Waals surface area contributed by atoms with E-state index in [9.17, 15) is 0 Å². The molecule has 1 N–H and O–H groups in total. The highest BCUT2D eigenvalue weighted by molar-refractivity contribution is 5.24. The molecule has 0 fully saturated rings. The molecule has 2 atom stereocenters. The Morgan fingerprint density at radius 3 is 2.28 bits per heavy atom. The molecule has 3 aromatic heterocycles. The number of aromatic amines is 1. The van der Waals surface area contributed by atoms with Gasteiger partial charge in [0, 0.05) is 35.7 Å². The molecule has 0 amide bonds. The average molecular weight is 397 g/mol. The van der Waals surface area contributed by atoms with E-state index >= 15 is 0 Å². The first-order valence-electron chi connectivity index (χ1n) is 10.8.